The van der Waals surface area contributed by atoms with E-state index in [0.717, 1.165) is 11.1 Å². The lowest BCUT2D eigenvalue weighted by molar-refractivity contribution is -0.116. The van der Waals surface area contributed by atoms with Crippen molar-refractivity contribution >= 4 is 34.4 Å². The molecule has 1 N–H and O–H groups in total. The largest absolute Gasteiger partial charge is 0.419 e. The molecule has 7 nitrogen and oxygen atoms in total. The number of benzene rings is 2. The molecule has 0 unspecified atom stereocenters. The van der Waals surface area contributed by atoms with E-state index in [2.05, 4.69) is 10.4 Å². The number of rotatable bonds is 7. The summed E-state index contributed by atoms with van der Waals surface area (Å²) in [5.74, 6) is 0.0389. The molecule has 0 saturated carbocycles. The number of hydrogen-bond acceptors (Lipinski definition) is 4. The quantitative estimate of drug-likeness (QED) is 0.500. The van der Waals surface area contributed by atoms with E-state index in [0.29, 0.717) is 35.9 Å². The number of para-hydroxylation sites is 2. The predicted molar refractivity (Wildman–Crippen MR) is 111 cm³/mol. The summed E-state index contributed by atoms with van der Waals surface area (Å²) < 4.78 is 8.44. The van der Waals surface area contributed by atoms with E-state index in [1.54, 1.807) is 27.6 Å². The Labute approximate surface area is 171 Å². The molecule has 0 spiro atoms. The number of amides is 1. The van der Waals surface area contributed by atoms with Crippen LogP contribution >= 0.6 is 11.6 Å². The average Bonchev–Trinajstić information content (AvgIpc) is 3.27. The summed E-state index contributed by atoms with van der Waals surface area (Å²) in [7, 11) is 0. The Kier molecular flexibility index (Phi) is 5.48. The first-order valence-electron chi connectivity index (χ1n) is 9.25. The van der Waals surface area contributed by atoms with Crippen molar-refractivity contribution in [3.63, 3.8) is 0 Å². The van der Waals surface area contributed by atoms with Gasteiger partial charge in [-0.15, -0.1) is 0 Å². The Morgan fingerprint density at radius 2 is 1.90 bits per heavy atom. The molecular formula is C21H19ClN4O3. The molecule has 8 heteroatoms. The van der Waals surface area contributed by atoms with Gasteiger partial charge in [-0.3, -0.25) is 9.36 Å². The maximum atomic E-state index is 12.4. The van der Waals surface area contributed by atoms with Crippen LogP contribution in [0.5, 0.6) is 0 Å². The number of nitrogens with zero attached hydrogens (tertiary/aromatic N) is 3. The van der Waals surface area contributed by atoms with Crippen molar-refractivity contribution in [1.29, 1.82) is 0 Å². The lowest BCUT2D eigenvalue weighted by Gasteiger charge is -2.10. The van der Waals surface area contributed by atoms with E-state index in [4.69, 9.17) is 16.0 Å². The molecule has 2 aromatic heterocycles. The van der Waals surface area contributed by atoms with Gasteiger partial charge in [0, 0.05) is 24.1 Å². The first kappa shape index (κ1) is 19.0. The van der Waals surface area contributed by atoms with Crippen LogP contribution in [-0.2, 0) is 17.9 Å². The zero-order chi connectivity index (χ0) is 20.2. The van der Waals surface area contributed by atoms with Crippen LogP contribution in [0, 0.1) is 0 Å². The van der Waals surface area contributed by atoms with Crippen molar-refractivity contribution < 1.29 is 9.21 Å². The summed E-state index contributed by atoms with van der Waals surface area (Å²) in [6, 6.07) is 16.5. The highest BCUT2D eigenvalue weighted by molar-refractivity contribution is 6.31. The monoisotopic (exact) mass is 410 g/mol. The molecular weight excluding hydrogens is 392 g/mol. The molecule has 0 aliphatic rings. The third-order valence-electron chi connectivity index (χ3n) is 4.62. The molecule has 4 aromatic rings. The Balaban J connectivity index is 1.36. The van der Waals surface area contributed by atoms with Crippen LogP contribution in [0.1, 0.15) is 18.4 Å². The number of hydrogen-bond donors (Lipinski definition) is 1. The van der Waals surface area contributed by atoms with Gasteiger partial charge in [0.2, 0.25) is 5.91 Å². The van der Waals surface area contributed by atoms with Gasteiger partial charge in [-0.05, 0) is 30.2 Å². The van der Waals surface area contributed by atoms with E-state index < -0.39 is 5.76 Å². The summed E-state index contributed by atoms with van der Waals surface area (Å²) in [4.78, 5) is 24.4. The van der Waals surface area contributed by atoms with Gasteiger partial charge in [-0.1, -0.05) is 41.9 Å². The van der Waals surface area contributed by atoms with Gasteiger partial charge in [0.15, 0.2) is 5.58 Å². The van der Waals surface area contributed by atoms with Gasteiger partial charge in [0.05, 0.1) is 18.3 Å². The predicted octanol–water partition coefficient (Wildman–Crippen LogP) is 3.91. The number of fused-ring (bicyclic) bond motifs is 1. The average molecular weight is 411 g/mol. The molecule has 29 heavy (non-hydrogen) atoms. The van der Waals surface area contributed by atoms with Crippen molar-refractivity contribution in [2.45, 2.75) is 25.9 Å². The summed E-state index contributed by atoms with van der Waals surface area (Å²) in [5.41, 5.74) is 2.20. The Hall–Kier alpha value is -3.32. The smallest absolute Gasteiger partial charge is 0.408 e. The van der Waals surface area contributed by atoms with Crippen molar-refractivity contribution in [3.8, 4) is 0 Å². The van der Waals surface area contributed by atoms with Gasteiger partial charge in [0.25, 0.3) is 0 Å². The number of aryl methyl sites for hydroxylation is 1. The number of nitrogens with one attached hydrogen (secondary N) is 1. The van der Waals surface area contributed by atoms with Gasteiger partial charge < -0.3 is 9.73 Å². The topological polar surface area (TPSA) is 82.1 Å². The van der Waals surface area contributed by atoms with Crippen molar-refractivity contribution in [3.05, 3.63) is 81.9 Å². The third kappa shape index (κ3) is 4.25. The van der Waals surface area contributed by atoms with E-state index in [9.17, 15) is 9.59 Å². The van der Waals surface area contributed by atoms with Gasteiger partial charge in [0.1, 0.15) is 5.82 Å². The second-order valence-corrected chi connectivity index (χ2v) is 7.01. The second-order valence-electron chi connectivity index (χ2n) is 6.60. The number of carbonyl (C=O) groups excluding carboxylic acids is 1. The van der Waals surface area contributed by atoms with Crippen molar-refractivity contribution in [2.24, 2.45) is 0 Å². The molecule has 0 atom stereocenters. The molecule has 2 heterocycles. The van der Waals surface area contributed by atoms with E-state index >= 15 is 0 Å². The number of aromatic nitrogens is 3. The molecule has 148 valence electrons. The summed E-state index contributed by atoms with van der Waals surface area (Å²) in [6.07, 6.45) is 2.40. The highest BCUT2D eigenvalue weighted by Crippen LogP contribution is 2.18. The zero-order valence-electron chi connectivity index (χ0n) is 15.5. The highest BCUT2D eigenvalue weighted by Gasteiger charge is 2.11. The normalized spacial score (nSPS) is 11.1. The first-order valence-corrected chi connectivity index (χ1v) is 9.63. The van der Waals surface area contributed by atoms with Crippen LogP contribution in [0.2, 0.25) is 5.02 Å². The summed E-state index contributed by atoms with van der Waals surface area (Å²) in [5, 5.41) is 7.78. The third-order valence-corrected chi connectivity index (χ3v) is 4.99. The Bertz CT molecular complexity index is 1210. The lowest BCUT2D eigenvalue weighted by Crippen LogP contribution is -2.18. The summed E-state index contributed by atoms with van der Waals surface area (Å²) in [6.45, 7) is 0.862. The molecule has 2 aromatic carbocycles. The number of carbonyl (C=O) groups is 1. The lowest BCUT2D eigenvalue weighted by atomic mass is 10.2. The van der Waals surface area contributed by atoms with Crippen LogP contribution in [0.15, 0.2) is 70.0 Å². The number of halogens is 1. The van der Waals surface area contributed by atoms with Crippen LogP contribution < -0.4 is 11.1 Å². The first-order chi connectivity index (χ1) is 14.1. The standard InChI is InChI=1S/C21H19ClN4O3/c22-16-7-2-1-6-15(16)14-26-19(11-12-23-26)24-20(27)10-5-13-25-17-8-3-4-9-18(17)29-21(25)28/h1-4,6-9,11-12H,5,10,13-14H2,(H,24,27). The maximum Gasteiger partial charge on any atom is 0.419 e. The van der Waals surface area contributed by atoms with E-state index in [-0.39, 0.29) is 12.3 Å². The fourth-order valence-corrected chi connectivity index (χ4v) is 3.38. The molecule has 0 radical (unpaired) electrons. The molecule has 0 fully saturated rings. The van der Waals surface area contributed by atoms with Crippen LogP contribution in [0.4, 0.5) is 5.82 Å². The summed E-state index contributed by atoms with van der Waals surface area (Å²) >= 11 is 6.21. The molecule has 0 aliphatic carbocycles. The van der Waals surface area contributed by atoms with Crippen LogP contribution in [0.25, 0.3) is 11.1 Å². The second kappa shape index (κ2) is 8.36. The minimum absolute atomic E-state index is 0.147. The zero-order valence-corrected chi connectivity index (χ0v) is 16.3. The molecule has 1 amide bonds. The van der Waals surface area contributed by atoms with E-state index in [1.807, 2.05) is 42.5 Å². The molecule has 0 aliphatic heterocycles. The fraction of sp³-hybridized carbons (Fsp3) is 0.190. The van der Waals surface area contributed by atoms with Crippen molar-refractivity contribution in [1.82, 2.24) is 14.3 Å². The Morgan fingerprint density at radius 3 is 2.76 bits per heavy atom. The fourth-order valence-electron chi connectivity index (χ4n) is 3.18. The SMILES string of the molecule is O=C(CCCn1c(=O)oc2ccccc21)Nc1ccnn1Cc1ccccc1Cl. The number of oxazole rings is 1. The van der Waals surface area contributed by atoms with Crippen LogP contribution in [0.3, 0.4) is 0 Å². The minimum atomic E-state index is -0.413. The molecule has 0 saturated heterocycles. The maximum absolute atomic E-state index is 12.4. The van der Waals surface area contributed by atoms with Gasteiger partial charge >= 0.3 is 5.76 Å². The van der Waals surface area contributed by atoms with Crippen LogP contribution in [-0.4, -0.2) is 20.3 Å². The van der Waals surface area contributed by atoms with Crippen molar-refractivity contribution in [2.75, 3.05) is 5.32 Å². The van der Waals surface area contributed by atoms with Gasteiger partial charge in [-0.2, -0.15) is 5.10 Å². The minimum Gasteiger partial charge on any atom is -0.408 e. The highest BCUT2D eigenvalue weighted by atomic mass is 35.5. The molecule has 4 rings (SSSR count). The Morgan fingerprint density at radius 1 is 1.10 bits per heavy atom. The number of anilines is 1. The van der Waals surface area contributed by atoms with Gasteiger partial charge in [-0.25, -0.2) is 9.48 Å². The van der Waals surface area contributed by atoms with E-state index in [1.165, 1.54) is 0 Å². The molecule has 0 bridgehead atoms.